The third-order valence-corrected chi connectivity index (χ3v) is 9.96. The van der Waals surface area contributed by atoms with E-state index in [-0.39, 0.29) is 25.8 Å². The molecule has 0 heterocycles. The van der Waals surface area contributed by atoms with Crippen LogP contribution in [-0.4, -0.2) is 21.1 Å². The van der Waals surface area contributed by atoms with E-state index in [0.29, 0.717) is 11.8 Å². The Kier molecular flexibility index (Phi) is 5.71. The van der Waals surface area contributed by atoms with Crippen molar-refractivity contribution in [2.24, 2.45) is 0 Å². The molecule has 119 valence electrons. The van der Waals surface area contributed by atoms with Crippen LogP contribution in [0.5, 0.6) is 0 Å². The van der Waals surface area contributed by atoms with Gasteiger partial charge in [0.1, 0.15) is 0 Å². The first-order chi connectivity index (χ1) is 11.2. The van der Waals surface area contributed by atoms with Crippen LogP contribution in [0.25, 0.3) is 12.2 Å². The van der Waals surface area contributed by atoms with Crippen LogP contribution in [0.4, 0.5) is 0 Å². The first-order valence-corrected chi connectivity index (χ1v) is 13.7. The van der Waals surface area contributed by atoms with E-state index in [1.165, 1.54) is 11.1 Å². The predicted octanol–water partition coefficient (Wildman–Crippen LogP) is 5.66. The number of benzene rings is 2. The van der Waals surface area contributed by atoms with Crippen LogP contribution >= 0.6 is 0 Å². The Morgan fingerprint density at radius 1 is 0.750 bits per heavy atom. The summed E-state index contributed by atoms with van der Waals surface area (Å²) < 4.78 is 0.824. The normalized spacial score (nSPS) is 22.1. The van der Waals surface area contributed by atoms with Crippen molar-refractivity contribution < 1.29 is 25.8 Å². The van der Waals surface area contributed by atoms with Crippen LogP contribution in [0.2, 0.25) is 8.87 Å². The van der Waals surface area contributed by atoms with Crippen molar-refractivity contribution >= 4 is 33.3 Å². The second kappa shape index (κ2) is 7.45. The van der Waals surface area contributed by atoms with Gasteiger partial charge in [-0.1, -0.05) is 0 Å². The first-order valence-electron chi connectivity index (χ1n) is 8.54. The fourth-order valence-corrected chi connectivity index (χ4v) is 9.72. The molecule has 0 bridgehead atoms. The molecule has 0 nitrogen and oxygen atoms in total. The summed E-state index contributed by atoms with van der Waals surface area (Å²) in [7, 11) is 0. The van der Waals surface area contributed by atoms with E-state index in [1.54, 1.807) is 22.3 Å². The minimum absolute atomic E-state index is 0. The Bertz CT molecular complexity index is 751. The van der Waals surface area contributed by atoms with Crippen LogP contribution in [0.3, 0.4) is 0 Å². The standard InChI is InChI=1S/C21H19.CH3.Hf.Sn.H/c1-14-11-16-7-3-5-9-18(16)20(14)13-21-15(2)12-17-8-4-6-10-19(17)21;;;;/h3-13,20-21H,1-2H3;1H3;;;. The molecule has 2 aliphatic rings. The summed E-state index contributed by atoms with van der Waals surface area (Å²) in [6, 6.07) is 18.0. The maximum absolute atomic E-state index is 2.54. The second-order valence-corrected chi connectivity index (χ2v) is 11.0. The van der Waals surface area contributed by atoms with E-state index in [1.807, 2.05) is 0 Å². The molecule has 2 heteroatoms. The van der Waals surface area contributed by atoms with Crippen LogP contribution in [-0.2, 0) is 25.8 Å². The van der Waals surface area contributed by atoms with E-state index in [0.717, 1.165) is 3.93 Å². The summed E-state index contributed by atoms with van der Waals surface area (Å²) in [5.74, 6) is 1.27. The Balaban J connectivity index is 0.00000169. The van der Waals surface area contributed by atoms with Gasteiger partial charge >= 0.3 is 150 Å². The molecule has 0 N–H and O–H groups in total. The third-order valence-electron chi connectivity index (χ3n) is 5.56. The monoisotopic (exact) mass is 587 g/mol. The van der Waals surface area contributed by atoms with Gasteiger partial charge in [-0.3, -0.25) is 0 Å². The maximum Gasteiger partial charge on any atom is 0 e. The van der Waals surface area contributed by atoms with Crippen molar-refractivity contribution in [3.05, 3.63) is 81.9 Å². The molecule has 4 rings (SSSR count). The molecule has 0 saturated carbocycles. The van der Waals surface area contributed by atoms with Gasteiger partial charge in [-0.05, 0) is 0 Å². The fourth-order valence-electron chi connectivity index (χ4n) is 4.61. The van der Waals surface area contributed by atoms with Crippen molar-refractivity contribution in [3.63, 3.8) is 0 Å². The molecular formula is C22H23HfSn. The quantitative estimate of drug-likeness (QED) is 0.409. The summed E-state index contributed by atoms with van der Waals surface area (Å²) in [5, 5.41) is 0. The molecule has 2 aromatic rings. The van der Waals surface area contributed by atoms with E-state index in [9.17, 15) is 0 Å². The first kappa shape index (κ1) is 18.4. The minimum Gasteiger partial charge on any atom is 0 e. The molecule has 0 spiro atoms. The Hall–Kier alpha value is -0.411. The summed E-state index contributed by atoms with van der Waals surface area (Å²) in [5.41, 5.74) is 9.18. The largest absolute Gasteiger partial charge is 0 e. The molecule has 0 aromatic heterocycles. The van der Waals surface area contributed by atoms with Gasteiger partial charge in [0.15, 0.2) is 0 Å². The predicted molar refractivity (Wildman–Crippen MR) is 102 cm³/mol. The van der Waals surface area contributed by atoms with E-state index in [4.69, 9.17) is 0 Å². The zero-order chi connectivity index (χ0) is 16.0. The van der Waals surface area contributed by atoms with Crippen LogP contribution in [0, 0.1) is 0 Å². The molecule has 0 fully saturated rings. The number of allylic oxidation sites excluding steroid dienone is 2. The fraction of sp³-hybridized carbons (Fsp3) is 0.273. The zero-order valence-corrected chi connectivity index (χ0v) is 21.5. The van der Waals surface area contributed by atoms with Gasteiger partial charge < -0.3 is 0 Å². The van der Waals surface area contributed by atoms with Gasteiger partial charge in [0.05, 0.1) is 0 Å². The van der Waals surface area contributed by atoms with Gasteiger partial charge in [0, 0.05) is 25.8 Å². The van der Waals surface area contributed by atoms with E-state index >= 15 is 0 Å². The molecule has 2 unspecified atom stereocenters. The molecule has 0 aliphatic heterocycles. The summed E-state index contributed by atoms with van der Waals surface area (Å²) >= 11 is -0.655. The van der Waals surface area contributed by atoms with Crippen molar-refractivity contribution in [2.45, 2.75) is 34.6 Å². The summed E-state index contributed by atoms with van der Waals surface area (Å²) in [6.07, 6.45) is 4.84. The SMILES string of the molecule is [CH3][SnH][CH](C1C(C)=Cc2ccccc21)C1C(C)=Cc2ccccc21.[Hf]. The Morgan fingerprint density at radius 3 is 1.58 bits per heavy atom. The van der Waals surface area contributed by atoms with Gasteiger partial charge in [0.2, 0.25) is 0 Å². The topological polar surface area (TPSA) is 0 Å². The van der Waals surface area contributed by atoms with Crippen molar-refractivity contribution in [1.82, 2.24) is 0 Å². The number of hydrogen-bond acceptors (Lipinski definition) is 0. The molecule has 2 aliphatic carbocycles. The van der Waals surface area contributed by atoms with Crippen molar-refractivity contribution in [3.8, 4) is 0 Å². The Morgan fingerprint density at radius 2 is 1.17 bits per heavy atom. The van der Waals surface area contributed by atoms with Gasteiger partial charge in [-0.15, -0.1) is 0 Å². The number of hydrogen-bond donors (Lipinski definition) is 0. The maximum atomic E-state index is 2.54. The molecule has 24 heavy (non-hydrogen) atoms. The molecule has 0 saturated heterocycles. The smallest absolute Gasteiger partial charge is 0 e. The second-order valence-electron chi connectivity index (χ2n) is 6.90. The summed E-state index contributed by atoms with van der Waals surface area (Å²) in [6.45, 7) is 4.69. The van der Waals surface area contributed by atoms with E-state index in [2.05, 4.69) is 79.5 Å². The average molecular weight is 585 g/mol. The van der Waals surface area contributed by atoms with Crippen LogP contribution in [0.1, 0.15) is 47.9 Å². The van der Waals surface area contributed by atoms with Crippen LogP contribution < -0.4 is 0 Å². The van der Waals surface area contributed by atoms with Gasteiger partial charge in [-0.25, -0.2) is 0 Å². The van der Waals surface area contributed by atoms with Gasteiger partial charge in [0.25, 0.3) is 0 Å². The van der Waals surface area contributed by atoms with E-state index < -0.39 is 21.1 Å². The Labute approximate surface area is 174 Å². The average Bonchev–Trinajstić information content (AvgIpc) is 3.06. The van der Waals surface area contributed by atoms with Crippen molar-refractivity contribution in [2.75, 3.05) is 0 Å². The molecule has 1 radical (unpaired) electrons. The molecular weight excluding hydrogens is 561 g/mol. The minimum atomic E-state index is -0.655. The van der Waals surface area contributed by atoms with Crippen molar-refractivity contribution in [1.29, 1.82) is 0 Å². The van der Waals surface area contributed by atoms with Crippen LogP contribution in [0.15, 0.2) is 59.7 Å². The molecule has 2 aromatic carbocycles. The number of fused-ring (bicyclic) bond motifs is 2. The molecule has 2 atom stereocenters. The number of rotatable bonds is 3. The molecule has 0 amide bonds. The summed E-state index contributed by atoms with van der Waals surface area (Å²) in [4.78, 5) is 2.54. The zero-order valence-electron chi connectivity index (χ0n) is 14.6. The van der Waals surface area contributed by atoms with Gasteiger partial charge in [-0.2, -0.15) is 0 Å². The third kappa shape index (κ3) is 2.96.